The molecule has 1 N–H and O–H groups in total. The van der Waals surface area contributed by atoms with Crippen molar-refractivity contribution < 1.29 is 40.3 Å². The van der Waals surface area contributed by atoms with Gasteiger partial charge in [-0.3, -0.25) is 9.10 Å². The highest BCUT2D eigenvalue weighted by Gasteiger charge is 2.29. The molecule has 9 nitrogen and oxygen atoms in total. The number of ether oxygens (including phenoxy) is 2. The predicted molar refractivity (Wildman–Crippen MR) is 170 cm³/mol. The number of fused-ring (bicyclic) bond motifs is 2. The summed E-state index contributed by atoms with van der Waals surface area (Å²) in [7, 11) is -1.28. The number of hydrogen-bond donors (Lipinski definition) is 1. The Bertz CT molecular complexity index is 2040. The first-order valence-electron chi connectivity index (χ1n) is 14.1. The van der Waals surface area contributed by atoms with Gasteiger partial charge in [0.1, 0.15) is 27.9 Å². The summed E-state index contributed by atoms with van der Waals surface area (Å²) in [6.07, 6.45) is -1.50. The first-order chi connectivity index (χ1) is 22.0. The van der Waals surface area contributed by atoms with Crippen LogP contribution in [0, 0.1) is 5.82 Å². The molecule has 0 unspecified atom stereocenters. The zero-order chi connectivity index (χ0) is 32.7. The maximum Gasteiger partial charge on any atom is 0.257 e. The molecule has 1 aliphatic rings. The monoisotopic (exact) mass is 671 g/mol. The Balaban J connectivity index is 1.64. The number of amides is 1. The van der Waals surface area contributed by atoms with Crippen molar-refractivity contribution in [3.8, 4) is 38.8 Å². The van der Waals surface area contributed by atoms with Crippen molar-refractivity contribution in [1.29, 1.82) is 0 Å². The number of methoxy groups -OCH3 is 1. The molecule has 1 amide bonds. The minimum absolute atomic E-state index is 0.0703. The Kier molecular flexibility index (Phi) is 8.53. The Morgan fingerprint density at radius 1 is 1.11 bits per heavy atom. The lowest BCUT2D eigenvalue weighted by Crippen LogP contribution is -2.34. The predicted octanol–water partition coefficient (Wildman–Crippen LogP) is 6.50. The van der Waals surface area contributed by atoms with E-state index in [4.69, 9.17) is 18.9 Å². The molecule has 0 spiro atoms. The molecule has 6 rings (SSSR count). The number of carbonyl (C=O) groups excluding carboxylic acids is 1. The summed E-state index contributed by atoms with van der Waals surface area (Å²) < 4.78 is 85.4. The number of aromatic nitrogens is 1. The minimum Gasteiger partial charge on any atom is -0.496 e. The van der Waals surface area contributed by atoms with Gasteiger partial charge in [0.25, 0.3) is 12.3 Å². The van der Waals surface area contributed by atoms with Crippen molar-refractivity contribution in [2.45, 2.75) is 19.5 Å². The van der Waals surface area contributed by atoms with E-state index in [2.05, 4.69) is 5.32 Å². The van der Waals surface area contributed by atoms with E-state index in [1.54, 1.807) is 24.3 Å². The summed E-state index contributed by atoms with van der Waals surface area (Å²) in [6.45, 7) is -0.125. The average Bonchev–Trinajstić information content (AvgIpc) is 3.64. The van der Waals surface area contributed by atoms with E-state index in [0.717, 1.165) is 16.8 Å². The molecule has 240 valence electrons. The number of halogens is 3. The lowest BCUT2D eigenvalue weighted by molar-refractivity contribution is 0.0964. The van der Waals surface area contributed by atoms with Gasteiger partial charge in [-0.1, -0.05) is 6.07 Å². The van der Waals surface area contributed by atoms with Crippen LogP contribution in [0.4, 0.5) is 18.9 Å². The van der Waals surface area contributed by atoms with Gasteiger partial charge in [0, 0.05) is 36.0 Å². The van der Waals surface area contributed by atoms with E-state index < -0.39 is 34.7 Å². The van der Waals surface area contributed by atoms with Crippen LogP contribution in [0.3, 0.4) is 0 Å². The molecule has 46 heavy (non-hydrogen) atoms. The van der Waals surface area contributed by atoms with Gasteiger partial charge in [0.15, 0.2) is 0 Å². The van der Waals surface area contributed by atoms with E-state index in [-0.39, 0.29) is 28.2 Å². The second-order valence-corrected chi connectivity index (χ2v) is 13.5. The maximum atomic E-state index is 13.9. The molecule has 5 aromatic rings. The number of furan rings is 1. The summed E-state index contributed by atoms with van der Waals surface area (Å²) >= 11 is 1.44. The van der Waals surface area contributed by atoms with Crippen LogP contribution in [-0.2, 0) is 27.8 Å². The second-order valence-electron chi connectivity index (χ2n) is 10.5. The molecule has 0 radical (unpaired) electrons. The lowest BCUT2D eigenvalue weighted by atomic mass is 9.97. The molecule has 1 aliphatic heterocycles. The van der Waals surface area contributed by atoms with Crippen LogP contribution in [0.1, 0.15) is 20.9 Å². The Morgan fingerprint density at radius 3 is 2.50 bits per heavy atom. The van der Waals surface area contributed by atoms with Gasteiger partial charge in [0.2, 0.25) is 10.0 Å². The fraction of sp³-hybridized carbons (Fsp3) is 0.250. The molecule has 2 aromatic heterocycles. The van der Waals surface area contributed by atoms with Crippen LogP contribution in [0.2, 0.25) is 0 Å². The highest BCUT2D eigenvalue weighted by Crippen LogP contribution is 2.44. The average molecular weight is 672 g/mol. The van der Waals surface area contributed by atoms with Crippen molar-refractivity contribution >= 4 is 43.9 Å². The third-order valence-electron chi connectivity index (χ3n) is 7.58. The fourth-order valence-electron chi connectivity index (χ4n) is 5.45. The van der Waals surface area contributed by atoms with Crippen molar-refractivity contribution in [1.82, 2.24) is 10.3 Å². The number of thiazole rings is 1. The molecule has 0 fully saturated rings. The number of alkyl halides is 2. The minimum atomic E-state index is -4.23. The van der Waals surface area contributed by atoms with E-state index >= 15 is 0 Å². The van der Waals surface area contributed by atoms with Crippen LogP contribution < -0.4 is 14.4 Å². The van der Waals surface area contributed by atoms with E-state index in [9.17, 15) is 26.4 Å². The van der Waals surface area contributed by atoms with Gasteiger partial charge in [-0.05, 0) is 48.0 Å². The lowest BCUT2D eigenvalue weighted by Gasteiger charge is -2.25. The summed E-state index contributed by atoms with van der Waals surface area (Å²) in [4.78, 5) is 19.0. The van der Waals surface area contributed by atoms with E-state index in [1.165, 1.54) is 55.8 Å². The van der Waals surface area contributed by atoms with Crippen molar-refractivity contribution in [3.63, 3.8) is 0 Å². The van der Waals surface area contributed by atoms with Crippen LogP contribution in [-0.4, -0.2) is 59.3 Å². The molecular formula is C32H28F3N3O6S2. The third-order valence-corrected chi connectivity index (χ3v) is 9.83. The topological polar surface area (TPSA) is 111 Å². The molecule has 0 saturated carbocycles. The molecule has 0 aliphatic carbocycles. The molecule has 0 saturated heterocycles. The van der Waals surface area contributed by atoms with Gasteiger partial charge < -0.3 is 19.2 Å². The molecule has 3 aromatic carbocycles. The number of nitrogens with zero attached hydrogens (tertiary/aromatic N) is 2. The SMILES string of the molecule is CNC(=O)c1c(-c2ccc(F)cc2)oc2cc(N(CC(F)F)S(C)(=O)=O)c(-c3ccc(OC)c(-c4nc5c(s4)COCC5)c3)cc12. The zero-order valence-electron chi connectivity index (χ0n) is 24.9. The maximum absolute atomic E-state index is 13.9. The number of hydrogen-bond acceptors (Lipinski definition) is 8. The quantitative estimate of drug-likeness (QED) is 0.191. The van der Waals surface area contributed by atoms with Crippen LogP contribution in [0.25, 0.3) is 44.0 Å². The molecule has 0 atom stereocenters. The van der Waals surface area contributed by atoms with Gasteiger partial charge >= 0.3 is 0 Å². The molecular weight excluding hydrogens is 643 g/mol. The standard InChI is InChI=1S/C32H28F3N3O6S2/c1-36-31(39)29-21-13-20(18-6-9-25(42-2)22(12-18)32-37-23-10-11-43-16-27(23)45-32)24(38(15-28(34)35)46(3,40)41)14-26(21)44-30(29)17-4-7-19(33)8-5-17/h4-9,12-14,28H,10-11,15-16H2,1-3H3,(H,36,39). The third kappa shape index (κ3) is 5.95. The fourth-order valence-corrected chi connectivity index (χ4v) is 7.40. The zero-order valence-corrected chi connectivity index (χ0v) is 26.5. The molecule has 14 heteroatoms. The Hall–Kier alpha value is -4.40. The van der Waals surface area contributed by atoms with Gasteiger partial charge in [-0.25, -0.2) is 26.6 Å². The number of sulfonamides is 1. The first kappa shape index (κ1) is 31.6. The smallest absolute Gasteiger partial charge is 0.257 e. The number of rotatable bonds is 9. The van der Waals surface area contributed by atoms with Crippen molar-refractivity contribution in [2.24, 2.45) is 0 Å². The summed E-state index contributed by atoms with van der Waals surface area (Å²) in [5, 5.41) is 3.53. The van der Waals surface area contributed by atoms with Crippen LogP contribution in [0.15, 0.2) is 59.0 Å². The number of nitrogens with one attached hydrogen (secondary N) is 1. The van der Waals surface area contributed by atoms with E-state index in [0.29, 0.717) is 56.8 Å². The second kappa shape index (κ2) is 12.4. The van der Waals surface area contributed by atoms with Gasteiger partial charge in [-0.2, -0.15) is 0 Å². The van der Waals surface area contributed by atoms with Gasteiger partial charge in [0.05, 0.1) is 60.5 Å². The van der Waals surface area contributed by atoms with Crippen LogP contribution >= 0.6 is 11.3 Å². The summed E-state index contributed by atoms with van der Waals surface area (Å²) in [6, 6.07) is 13.3. The Labute approximate surface area is 266 Å². The first-order valence-corrected chi connectivity index (χ1v) is 16.7. The molecule has 3 heterocycles. The van der Waals surface area contributed by atoms with Crippen molar-refractivity contribution in [3.05, 3.63) is 76.5 Å². The number of benzene rings is 3. The van der Waals surface area contributed by atoms with Crippen molar-refractivity contribution in [2.75, 3.05) is 37.9 Å². The highest BCUT2D eigenvalue weighted by molar-refractivity contribution is 7.92. The Morgan fingerprint density at radius 2 is 1.85 bits per heavy atom. The largest absolute Gasteiger partial charge is 0.496 e. The summed E-state index contributed by atoms with van der Waals surface area (Å²) in [5.74, 6) is -0.414. The number of carbonyl (C=O) groups is 1. The summed E-state index contributed by atoms with van der Waals surface area (Å²) in [5.41, 5.74) is 2.70. The highest BCUT2D eigenvalue weighted by atomic mass is 32.2. The van der Waals surface area contributed by atoms with E-state index in [1.807, 2.05) is 0 Å². The van der Waals surface area contributed by atoms with Crippen LogP contribution in [0.5, 0.6) is 5.75 Å². The van der Waals surface area contributed by atoms with Gasteiger partial charge in [-0.15, -0.1) is 11.3 Å². The molecule has 0 bridgehead atoms. The normalized spacial score (nSPS) is 13.2. The number of anilines is 1.